The van der Waals surface area contributed by atoms with Crippen LogP contribution in [-0.4, -0.2) is 37.6 Å². The number of aliphatic imine (C=N–C) groups is 1. The summed E-state index contributed by atoms with van der Waals surface area (Å²) in [5.74, 6) is 1.44. The number of amides is 1. The molecule has 28 heavy (non-hydrogen) atoms. The number of rotatable bonds is 8. The Morgan fingerprint density at radius 1 is 1.18 bits per heavy atom. The first-order valence-corrected chi connectivity index (χ1v) is 10.4. The van der Waals surface area contributed by atoms with Crippen LogP contribution in [0.1, 0.15) is 58.9 Å². The van der Waals surface area contributed by atoms with Crippen molar-refractivity contribution < 1.29 is 9.53 Å². The maximum Gasteiger partial charge on any atom is 0.257 e. The van der Waals surface area contributed by atoms with Crippen LogP contribution >= 0.6 is 0 Å². The zero-order chi connectivity index (χ0) is 20.4. The highest BCUT2D eigenvalue weighted by atomic mass is 16.5. The predicted octanol–water partition coefficient (Wildman–Crippen LogP) is 3.23. The minimum absolute atomic E-state index is 0.0305. The van der Waals surface area contributed by atoms with Crippen LogP contribution in [0.2, 0.25) is 0 Å². The maximum atomic E-state index is 11.5. The molecule has 0 aliphatic heterocycles. The zero-order valence-electron chi connectivity index (χ0n) is 17.8. The van der Waals surface area contributed by atoms with Crippen molar-refractivity contribution in [2.24, 2.45) is 10.4 Å². The highest BCUT2D eigenvalue weighted by molar-refractivity contribution is 5.80. The second kappa shape index (κ2) is 10.9. The summed E-state index contributed by atoms with van der Waals surface area (Å²) in [6, 6.07) is 8.24. The Labute approximate surface area is 169 Å². The lowest BCUT2D eigenvalue weighted by atomic mass is 9.75. The van der Waals surface area contributed by atoms with E-state index in [1.807, 2.05) is 31.2 Å². The number of carbonyl (C=O) groups excluding carboxylic acids is 1. The molecule has 0 unspecified atom stereocenters. The van der Waals surface area contributed by atoms with Crippen LogP contribution in [0.5, 0.6) is 5.75 Å². The summed E-state index contributed by atoms with van der Waals surface area (Å²) < 4.78 is 5.56. The topological polar surface area (TPSA) is 74.8 Å². The second-order valence-corrected chi connectivity index (χ2v) is 8.17. The molecule has 1 saturated carbocycles. The van der Waals surface area contributed by atoms with Gasteiger partial charge in [-0.2, -0.15) is 0 Å². The number of hydrogen-bond donors (Lipinski definition) is 3. The summed E-state index contributed by atoms with van der Waals surface area (Å²) >= 11 is 0. The second-order valence-electron chi connectivity index (χ2n) is 8.17. The van der Waals surface area contributed by atoms with Crippen molar-refractivity contribution in [2.45, 2.75) is 66.0 Å². The largest absolute Gasteiger partial charge is 0.484 e. The fourth-order valence-corrected chi connectivity index (χ4v) is 3.36. The predicted molar refractivity (Wildman–Crippen MR) is 115 cm³/mol. The first kappa shape index (κ1) is 22.1. The Bertz CT molecular complexity index is 648. The minimum Gasteiger partial charge on any atom is -0.484 e. The Hall–Kier alpha value is -2.24. The number of nitrogens with one attached hydrogen (secondary N) is 3. The first-order valence-electron chi connectivity index (χ1n) is 10.4. The van der Waals surface area contributed by atoms with Crippen LogP contribution < -0.4 is 20.7 Å². The van der Waals surface area contributed by atoms with Crippen molar-refractivity contribution in [1.82, 2.24) is 16.0 Å². The van der Waals surface area contributed by atoms with Gasteiger partial charge in [-0.25, -0.2) is 4.99 Å². The van der Waals surface area contributed by atoms with Crippen molar-refractivity contribution in [3.05, 3.63) is 29.8 Å². The van der Waals surface area contributed by atoms with Gasteiger partial charge in [-0.3, -0.25) is 4.79 Å². The van der Waals surface area contributed by atoms with Crippen LogP contribution in [0.25, 0.3) is 0 Å². The van der Waals surface area contributed by atoms with Crippen molar-refractivity contribution in [2.75, 3.05) is 19.7 Å². The fourth-order valence-electron chi connectivity index (χ4n) is 3.36. The zero-order valence-corrected chi connectivity index (χ0v) is 17.8. The third-order valence-electron chi connectivity index (χ3n) is 5.09. The van der Waals surface area contributed by atoms with Crippen molar-refractivity contribution in [3.63, 3.8) is 0 Å². The Kier molecular flexibility index (Phi) is 8.61. The van der Waals surface area contributed by atoms with E-state index < -0.39 is 0 Å². The average molecular weight is 389 g/mol. The summed E-state index contributed by atoms with van der Waals surface area (Å²) in [5, 5.41) is 9.66. The monoisotopic (exact) mass is 388 g/mol. The van der Waals surface area contributed by atoms with E-state index in [1.54, 1.807) is 0 Å². The van der Waals surface area contributed by atoms with Crippen molar-refractivity contribution in [1.29, 1.82) is 0 Å². The number of likely N-dealkylation sites (N-methyl/N-ethyl adjacent to an activating group) is 1. The van der Waals surface area contributed by atoms with Gasteiger partial charge in [0.25, 0.3) is 5.91 Å². The van der Waals surface area contributed by atoms with Gasteiger partial charge in [0.1, 0.15) is 5.75 Å². The normalized spacial score (nSPS) is 17.1. The SMILES string of the molecule is CCNC(=O)COc1cccc(CN=C(NCC)NC2CCC(C)(C)CC2)c1. The first-order chi connectivity index (χ1) is 13.4. The maximum absolute atomic E-state index is 11.5. The van der Waals surface area contributed by atoms with E-state index in [0.29, 0.717) is 30.3 Å². The molecule has 1 aromatic carbocycles. The summed E-state index contributed by atoms with van der Waals surface area (Å²) in [6.07, 6.45) is 4.85. The van der Waals surface area contributed by atoms with Crippen LogP contribution in [-0.2, 0) is 11.3 Å². The molecular weight excluding hydrogens is 352 g/mol. The highest BCUT2D eigenvalue weighted by Crippen LogP contribution is 2.34. The van der Waals surface area contributed by atoms with E-state index in [4.69, 9.17) is 9.73 Å². The molecular formula is C22H36N4O2. The Morgan fingerprint density at radius 2 is 1.89 bits per heavy atom. The molecule has 0 aromatic heterocycles. The fraction of sp³-hybridized carbons (Fsp3) is 0.636. The third kappa shape index (κ3) is 7.79. The molecule has 156 valence electrons. The molecule has 0 saturated heterocycles. The number of benzene rings is 1. The molecule has 0 bridgehead atoms. The molecule has 2 rings (SSSR count). The lowest BCUT2D eigenvalue weighted by Gasteiger charge is -2.35. The number of ether oxygens (including phenoxy) is 1. The van der Waals surface area contributed by atoms with Gasteiger partial charge in [0, 0.05) is 19.1 Å². The number of guanidine groups is 1. The molecule has 6 nitrogen and oxygen atoms in total. The molecule has 0 atom stereocenters. The van der Waals surface area contributed by atoms with Gasteiger partial charge in [-0.15, -0.1) is 0 Å². The van der Waals surface area contributed by atoms with Gasteiger partial charge in [0.15, 0.2) is 12.6 Å². The molecule has 1 aliphatic rings. The van der Waals surface area contributed by atoms with E-state index in [1.165, 1.54) is 25.7 Å². The number of nitrogens with zero attached hydrogens (tertiary/aromatic N) is 1. The molecule has 0 radical (unpaired) electrons. The Balaban J connectivity index is 1.91. The smallest absolute Gasteiger partial charge is 0.257 e. The third-order valence-corrected chi connectivity index (χ3v) is 5.09. The van der Waals surface area contributed by atoms with Gasteiger partial charge in [0.2, 0.25) is 0 Å². The minimum atomic E-state index is -0.111. The lowest BCUT2D eigenvalue weighted by Crippen LogP contribution is -2.45. The quantitative estimate of drug-likeness (QED) is 0.472. The van der Waals surface area contributed by atoms with Crippen LogP contribution in [0.15, 0.2) is 29.3 Å². The van der Waals surface area contributed by atoms with Gasteiger partial charge in [-0.1, -0.05) is 26.0 Å². The molecule has 1 aromatic rings. The van der Waals surface area contributed by atoms with Crippen LogP contribution in [0.4, 0.5) is 0 Å². The Morgan fingerprint density at radius 3 is 2.57 bits per heavy atom. The van der Waals surface area contributed by atoms with Crippen molar-refractivity contribution >= 4 is 11.9 Å². The summed E-state index contributed by atoms with van der Waals surface area (Å²) in [7, 11) is 0. The standard InChI is InChI=1S/C22H36N4O2/c1-5-23-20(27)16-28-19-9-7-8-17(14-19)15-25-21(24-6-2)26-18-10-12-22(3,4)13-11-18/h7-9,14,18H,5-6,10-13,15-16H2,1-4H3,(H,23,27)(H2,24,25,26). The molecule has 1 aliphatic carbocycles. The van der Waals surface area contributed by atoms with Gasteiger partial charge in [0.05, 0.1) is 6.54 Å². The number of hydrogen-bond acceptors (Lipinski definition) is 3. The average Bonchev–Trinajstić information content (AvgIpc) is 2.67. The molecule has 1 amide bonds. The molecule has 0 heterocycles. The van der Waals surface area contributed by atoms with E-state index in [9.17, 15) is 4.79 Å². The lowest BCUT2D eigenvalue weighted by molar-refractivity contribution is -0.122. The van der Waals surface area contributed by atoms with Crippen LogP contribution in [0, 0.1) is 5.41 Å². The van der Waals surface area contributed by atoms with Crippen LogP contribution in [0.3, 0.4) is 0 Å². The summed E-state index contributed by atoms with van der Waals surface area (Å²) in [4.78, 5) is 16.3. The van der Waals surface area contributed by atoms with E-state index in [2.05, 4.69) is 36.7 Å². The van der Waals surface area contributed by atoms with Gasteiger partial charge in [-0.05, 0) is 62.6 Å². The highest BCUT2D eigenvalue weighted by Gasteiger charge is 2.27. The molecule has 1 fully saturated rings. The van der Waals surface area contributed by atoms with Gasteiger partial charge >= 0.3 is 0 Å². The van der Waals surface area contributed by atoms with E-state index in [-0.39, 0.29) is 12.5 Å². The van der Waals surface area contributed by atoms with E-state index >= 15 is 0 Å². The molecule has 0 spiro atoms. The summed E-state index contributed by atoms with van der Waals surface area (Å²) in [5.41, 5.74) is 1.51. The summed E-state index contributed by atoms with van der Waals surface area (Å²) in [6.45, 7) is 10.7. The van der Waals surface area contributed by atoms with Gasteiger partial charge < -0.3 is 20.7 Å². The van der Waals surface area contributed by atoms with Crippen molar-refractivity contribution in [3.8, 4) is 5.75 Å². The number of carbonyl (C=O) groups is 1. The molecule has 6 heteroatoms. The van der Waals surface area contributed by atoms with E-state index in [0.717, 1.165) is 18.1 Å². The molecule has 3 N–H and O–H groups in total.